The first kappa shape index (κ1) is 18.1. The Morgan fingerprint density at radius 2 is 1.95 bits per heavy atom. The highest BCUT2D eigenvalue weighted by molar-refractivity contribution is 7.46. The molecule has 10 nitrogen and oxygen atoms in total. The average Bonchev–Trinajstić information content (AvgIpc) is 2.34. The molecule has 1 unspecified atom stereocenters. The molecule has 0 heterocycles. The molecule has 0 radical (unpaired) electrons. The van der Waals surface area contributed by atoms with Gasteiger partial charge in [-0.25, -0.2) is 4.57 Å². The van der Waals surface area contributed by atoms with Crippen molar-refractivity contribution in [2.75, 3.05) is 19.8 Å². The molecule has 0 aliphatic carbocycles. The highest BCUT2D eigenvalue weighted by Crippen LogP contribution is 2.35. The number of amides is 1. The summed E-state index contributed by atoms with van der Waals surface area (Å²) in [6.07, 6.45) is -3.41. The van der Waals surface area contributed by atoms with Gasteiger partial charge in [-0.1, -0.05) is 0 Å². The van der Waals surface area contributed by atoms with Gasteiger partial charge in [0.2, 0.25) is 6.41 Å². The molecule has 0 saturated carbocycles. The number of nitrogens with one attached hydrogen (secondary N) is 1. The zero-order valence-corrected chi connectivity index (χ0v) is 10.6. The highest BCUT2D eigenvalue weighted by atomic mass is 31.2. The molecular formula is C8H16NO9P. The van der Waals surface area contributed by atoms with Gasteiger partial charge in [0.1, 0.15) is 12.7 Å². The van der Waals surface area contributed by atoms with Crippen molar-refractivity contribution in [2.24, 2.45) is 5.92 Å². The van der Waals surface area contributed by atoms with E-state index in [0.717, 1.165) is 0 Å². The molecule has 0 aliphatic heterocycles. The Morgan fingerprint density at radius 3 is 2.37 bits per heavy atom. The fourth-order valence-corrected chi connectivity index (χ4v) is 1.47. The number of hydrogen-bond acceptors (Lipinski definition) is 7. The molecule has 0 aliphatic rings. The Morgan fingerprint density at radius 1 is 1.37 bits per heavy atom. The zero-order chi connectivity index (χ0) is 15.1. The quantitative estimate of drug-likeness (QED) is 0.179. The number of rotatable bonds is 10. The largest absolute Gasteiger partial charge is 0.470 e. The fourth-order valence-electron chi connectivity index (χ4n) is 1.17. The first-order chi connectivity index (χ1) is 8.72. The van der Waals surface area contributed by atoms with E-state index in [-0.39, 0.29) is 6.54 Å². The van der Waals surface area contributed by atoms with Crippen LogP contribution in [0.25, 0.3) is 0 Å². The summed E-state index contributed by atoms with van der Waals surface area (Å²) in [6.45, 7) is -1.90. The standard InChI is InChI=1S/C8H16NO9P/c10-2-5(1-9-4-11)7(13)8(14)6(12)3-18-19(15,16)17/h4-5,7-8,10,13-14H,1-3H2,(H,9,11)(H2,15,16,17)/t5?,7-,8-/m1/s1. The van der Waals surface area contributed by atoms with Crippen LogP contribution in [0.5, 0.6) is 0 Å². The third-order valence-electron chi connectivity index (χ3n) is 2.21. The van der Waals surface area contributed by atoms with Crippen molar-refractivity contribution in [3.8, 4) is 0 Å². The second kappa shape index (κ2) is 8.33. The van der Waals surface area contributed by atoms with Gasteiger partial charge >= 0.3 is 7.82 Å². The van der Waals surface area contributed by atoms with Gasteiger partial charge in [0.15, 0.2) is 5.78 Å². The number of phosphoric ester groups is 1. The smallest absolute Gasteiger partial charge is 0.396 e. The van der Waals surface area contributed by atoms with Crippen LogP contribution in [-0.2, 0) is 18.7 Å². The Hall–Kier alpha value is -0.870. The van der Waals surface area contributed by atoms with Crippen LogP contribution in [0.2, 0.25) is 0 Å². The van der Waals surface area contributed by atoms with Gasteiger partial charge in [-0.2, -0.15) is 0 Å². The SMILES string of the molecule is O=CNCC(CO)[C@@H](O)[C@H](O)C(=O)COP(=O)(O)O. The Kier molecular flexibility index (Phi) is 7.95. The van der Waals surface area contributed by atoms with E-state index in [4.69, 9.17) is 14.9 Å². The van der Waals surface area contributed by atoms with E-state index in [0.29, 0.717) is 6.41 Å². The minimum Gasteiger partial charge on any atom is -0.396 e. The number of aliphatic hydroxyl groups is 3. The number of aliphatic hydroxyl groups excluding tert-OH is 3. The summed E-state index contributed by atoms with van der Waals surface area (Å²) in [7, 11) is -4.86. The summed E-state index contributed by atoms with van der Waals surface area (Å²) in [5, 5.41) is 30.1. The van der Waals surface area contributed by atoms with Crippen LogP contribution in [0.1, 0.15) is 0 Å². The van der Waals surface area contributed by atoms with E-state index in [1.807, 2.05) is 0 Å². The van der Waals surface area contributed by atoms with Gasteiger partial charge in [0.25, 0.3) is 0 Å². The lowest BCUT2D eigenvalue weighted by atomic mass is 9.96. The van der Waals surface area contributed by atoms with E-state index >= 15 is 0 Å². The molecule has 112 valence electrons. The predicted octanol–water partition coefficient (Wildman–Crippen LogP) is -3.26. The number of ketones is 1. The lowest BCUT2D eigenvalue weighted by Gasteiger charge is -2.24. The van der Waals surface area contributed by atoms with Crippen LogP contribution >= 0.6 is 7.82 Å². The molecule has 3 atom stereocenters. The monoisotopic (exact) mass is 301 g/mol. The number of carbonyl (C=O) groups is 2. The predicted molar refractivity (Wildman–Crippen MR) is 59.7 cm³/mol. The van der Waals surface area contributed by atoms with Crippen molar-refractivity contribution in [1.29, 1.82) is 0 Å². The number of carbonyl (C=O) groups excluding carboxylic acids is 2. The summed E-state index contributed by atoms with van der Waals surface area (Å²) < 4.78 is 14.2. The molecule has 0 aromatic rings. The van der Waals surface area contributed by atoms with Crippen LogP contribution in [-0.4, -0.2) is 69.3 Å². The van der Waals surface area contributed by atoms with Crippen molar-refractivity contribution >= 4 is 20.0 Å². The molecule has 0 saturated heterocycles. The molecule has 6 N–H and O–H groups in total. The van der Waals surface area contributed by atoms with Crippen LogP contribution in [0.4, 0.5) is 0 Å². The van der Waals surface area contributed by atoms with E-state index in [9.17, 15) is 24.4 Å². The Labute approximate surface area is 108 Å². The van der Waals surface area contributed by atoms with Crippen molar-refractivity contribution < 1.29 is 43.8 Å². The van der Waals surface area contributed by atoms with Gasteiger partial charge in [0.05, 0.1) is 12.7 Å². The second-order valence-corrected chi connectivity index (χ2v) is 4.87. The van der Waals surface area contributed by atoms with Crippen molar-refractivity contribution in [3.63, 3.8) is 0 Å². The first-order valence-corrected chi connectivity index (χ1v) is 6.62. The number of Topliss-reactive ketones (excluding diaryl/α,β-unsaturated/α-hetero) is 1. The minimum atomic E-state index is -4.86. The number of hydrogen-bond donors (Lipinski definition) is 6. The van der Waals surface area contributed by atoms with E-state index < -0.39 is 44.9 Å². The fraction of sp³-hybridized carbons (Fsp3) is 0.750. The van der Waals surface area contributed by atoms with E-state index in [1.54, 1.807) is 0 Å². The van der Waals surface area contributed by atoms with Gasteiger partial charge in [-0.3, -0.25) is 14.1 Å². The molecule has 0 rings (SSSR count). The summed E-state index contributed by atoms with van der Waals surface area (Å²) in [4.78, 5) is 38.1. The molecule has 11 heteroatoms. The maximum absolute atomic E-state index is 11.3. The minimum absolute atomic E-state index is 0.190. The summed E-state index contributed by atoms with van der Waals surface area (Å²) >= 11 is 0. The van der Waals surface area contributed by atoms with Crippen molar-refractivity contribution in [1.82, 2.24) is 5.32 Å². The third-order valence-corrected chi connectivity index (χ3v) is 2.67. The van der Waals surface area contributed by atoms with E-state index in [1.165, 1.54) is 0 Å². The summed E-state index contributed by atoms with van der Waals surface area (Å²) in [5.74, 6) is -2.18. The zero-order valence-electron chi connectivity index (χ0n) is 9.75. The molecular weight excluding hydrogens is 285 g/mol. The Balaban J connectivity index is 4.43. The molecule has 0 aromatic carbocycles. The van der Waals surface area contributed by atoms with Gasteiger partial charge in [-0.15, -0.1) is 0 Å². The van der Waals surface area contributed by atoms with Crippen LogP contribution in [0.15, 0.2) is 0 Å². The second-order valence-electron chi connectivity index (χ2n) is 3.63. The van der Waals surface area contributed by atoms with Gasteiger partial charge < -0.3 is 30.4 Å². The van der Waals surface area contributed by atoms with Crippen LogP contribution < -0.4 is 5.32 Å². The van der Waals surface area contributed by atoms with Crippen LogP contribution in [0.3, 0.4) is 0 Å². The van der Waals surface area contributed by atoms with Crippen molar-refractivity contribution in [3.05, 3.63) is 0 Å². The first-order valence-electron chi connectivity index (χ1n) is 5.09. The lowest BCUT2D eigenvalue weighted by molar-refractivity contribution is -0.138. The highest BCUT2D eigenvalue weighted by Gasteiger charge is 2.32. The molecule has 19 heavy (non-hydrogen) atoms. The van der Waals surface area contributed by atoms with Gasteiger partial charge in [-0.05, 0) is 0 Å². The van der Waals surface area contributed by atoms with Crippen LogP contribution in [0, 0.1) is 5.92 Å². The number of phosphoric acid groups is 1. The average molecular weight is 301 g/mol. The molecule has 1 amide bonds. The maximum atomic E-state index is 11.3. The molecule has 0 aromatic heterocycles. The normalized spacial score (nSPS) is 16.5. The lowest BCUT2D eigenvalue weighted by Crippen LogP contribution is -2.45. The topological polar surface area (TPSA) is 174 Å². The summed E-state index contributed by atoms with van der Waals surface area (Å²) in [6, 6.07) is 0. The summed E-state index contributed by atoms with van der Waals surface area (Å²) in [5.41, 5.74) is 0. The molecule has 0 fully saturated rings. The third kappa shape index (κ3) is 7.33. The van der Waals surface area contributed by atoms with E-state index in [2.05, 4.69) is 9.84 Å². The maximum Gasteiger partial charge on any atom is 0.470 e. The van der Waals surface area contributed by atoms with Gasteiger partial charge in [0, 0.05) is 12.5 Å². The Bertz CT molecular complexity index is 343. The van der Waals surface area contributed by atoms with Crippen molar-refractivity contribution in [2.45, 2.75) is 12.2 Å². The molecule has 0 spiro atoms. The molecule has 0 bridgehead atoms.